The van der Waals surface area contributed by atoms with Gasteiger partial charge in [-0.2, -0.15) is 0 Å². The number of non-ortho nitro benzene ring substituents is 1. The van der Waals surface area contributed by atoms with Gasteiger partial charge in [-0.25, -0.2) is 4.98 Å². The predicted octanol–water partition coefficient (Wildman–Crippen LogP) is 4.91. The Bertz CT molecular complexity index is 1320. The highest BCUT2D eigenvalue weighted by Crippen LogP contribution is 2.27. The molecule has 0 amide bonds. The van der Waals surface area contributed by atoms with Gasteiger partial charge in [0.05, 0.1) is 15.6 Å². The number of rotatable bonds is 4. The topological polar surface area (TPSA) is 90.7 Å². The first-order valence-corrected chi connectivity index (χ1v) is 9.02. The Kier molecular flexibility index (Phi) is 4.74. The minimum Gasteiger partial charge on any atom is -0.457 e. The minimum absolute atomic E-state index is 0.00683. The van der Waals surface area contributed by atoms with Gasteiger partial charge in [0.1, 0.15) is 17.2 Å². The molecule has 0 saturated carbocycles. The lowest BCUT2D eigenvalue weighted by atomic mass is 10.1. The van der Waals surface area contributed by atoms with Gasteiger partial charge in [0.15, 0.2) is 0 Å². The summed E-state index contributed by atoms with van der Waals surface area (Å²) in [6, 6.07) is 16.3. The standard InChI is InChI=1S/C21H14ClN3O4/c1-13-3-2-4-20-23-18(12-21(26)24(13)20)17(22)11-16-9-10-19(29-16)14-5-7-15(8-6-14)25(27)28/h2-12H,1H3/b17-11-. The van der Waals surface area contributed by atoms with Crippen LogP contribution in [0.1, 0.15) is 17.1 Å². The molecule has 0 atom stereocenters. The van der Waals surface area contributed by atoms with Gasteiger partial charge >= 0.3 is 0 Å². The van der Waals surface area contributed by atoms with Gasteiger partial charge in [-0.15, -0.1) is 0 Å². The van der Waals surface area contributed by atoms with Gasteiger partial charge in [-0.1, -0.05) is 17.7 Å². The van der Waals surface area contributed by atoms with Crippen LogP contribution in [0, 0.1) is 17.0 Å². The summed E-state index contributed by atoms with van der Waals surface area (Å²) in [5.74, 6) is 1.01. The SMILES string of the molecule is Cc1cccc2nc(/C(Cl)=C/c3ccc(-c4ccc([N+](=O)[O-])cc4)o3)cc(=O)n12. The number of pyridine rings is 1. The lowest BCUT2D eigenvalue weighted by Crippen LogP contribution is -2.16. The van der Waals surface area contributed by atoms with Crippen molar-refractivity contribution in [3.8, 4) is 11.3 Å². The number of furan rings is 1. The van der Waals surface area contributed by atoms with E-state index in [2.05, 4.69) is 4.98 Å². The molecule has 1 aromatic carbocycles. The number of fused-ring (bicyclic) bond motifs is 1. The Balaban J connectivity index is 1.66. The van der Waals surface area contributed by atoms with Gasteiger partial charge in [-0.05, 0) is 43.3 Å². The van der Waals surface area contributed by atoms with Crippen LogP contribution in [0.3, 0.4) is 0 Å². The number of hydrogen-bond acceptors (Lipinski definition) is 5. The number of benzene rings is 1. The summed E-state index contributed by atoms with van der Waals surface area (Å²) in [5, 5.41) is 11.0. The monoisotopic (exact) mass is 407 g/mol. The average Bonchev–Trinajstić information content (AvgIpc) is 3.16. The molecule has 0 radical (unpaired) electrons. The van der Waals surface area contributed by atoms with Crippen LogP contribution in [0.15, 0.2) is 69.9 Å². The van der Waals surface area contributed by atoms with E-state index in [0.717, 1.165) is 5.69 Å². The Hall–Kier alpha value is -3.71. The number of nitro benzene ring substituents is 1. The van der Waals surface area contributed by atoms with E-state index in [-0.39, 0.29) is 16.3 Å². The maximum Gasteiger partial charge on any atom is 0.269 e. The second-order valence-corrected chi connectivity index (χ2v) is 6.75. The molecule has 0 aliphatic rings. The van der Waals surface area contributed by atoms with Crippen LogP contribution in [-0.4, -0.2) is 14.3 Å². The molecule has 8 heteroatoms. The first-order chi connectivity index (χ1) is 13.9. The number of aromatic nitrogens is 2. The van der Waals surface area contributed by atoms with Crippen molar-refractivity contribution in [1.29, 1.82) is 0 Å². The van der Waals surface area contributed by atoms with Crippen molar-refractivity contribution in [2.24, 2.45) is 0 Å². The summed E-state index contributed by atoms with van der Waals surface area (Å²) >= 11 is 6.38. The van der Waals surface area contributed by atoms with Crippen LogP contribution in [-0.2, 0) is 0 Å². The summed E-state index contributed by atoms with van der Waals surface area (Å²) < 4.78 is 7.26. The molecule has 0 spiro atoms. The first kappa shape index (κ1) is 18.6. The van der Waals surface area contributed by atoms with Gasteiger partial charge in [0.2, 0.25) is 0 Å². The zero-order chi connectivity index (χ0) is 20.5. The molecule has 0 aliphatic carbocycles. The normalized spacial score (nSPS) is 11.7. The van der Waals surface area contributed by atoms with Crippen molar-refractivity contribution in [1.82, 2.24) is 9.38 Å². The second-order valence-electron chi connectivity index (χ2n) is 6.34. The van der Waals surface area contributed by atoms with Gasteiger partial charge in [-0.3, -0.25) is 19.3 Å². The highest BCUT2D eigenvalue weighted by atomic mass is 35.5. The quantitative estimate of drug-likeness (QED) is 0.354. The van der Waals surface area contributed by atoms with Crippen LogP contribution >= 0.6 is 11.6 Å². The minimum atomic E-state index is -0.458. The number of nitro groups is 1. The summed E-state index contributed by atoms with van der Waals surface area (Å²) in [4.78, 5) is 27.2. The molecular formula is C21H14ClN3O4. The Morgan fingerprint density at radius 3 is 2.66 bits per heavy atom. The molecule has 144 valence electrons. The Morgan fingerprint density at radius 1 is 1.17 bits per heavy atom. The molecule has 0 bridgehead atoms. The lowest BCUT2D eigenvalue weighted by Gasteiger charge is -2.05. The third-order valence-corrected chi connectivity index (χ3v) is 4.69. The fourth-order valence-electron chi connectivity index (χ4n) is 2.97. The number of nitrogens with zero attached hydrogens (tertiary/aromatic N) is 3. The fraction of sp³-hybridized carbons (Fsp3) is 0.0476. The molecule has 0 aliphatic heterocycles. The third-order valence-electron chi connectivity index (χ3n) is 4.38. The Labute approximate surface area is 169 Å². The van der Waals surface area contributed by atoms with E-state index in [9.17, 15) is 14.9 Å². The molecule has 7 nitrogen and oxygen atoms in total. The summed E-state index contributed by atoms with van der Waals surface area (Å²) in [5.41, 5.74) is 2.11. The van der Waals surface area contributed by atoms with Crippen LogP contribution in [0.5, 0.6) is 0 Å². The Morgan fingerprint density at radius 2 is 1.93 bits per heavy atom. The van der Waals surface area contributed by atoms with Crippen LogP contribution in [0.4, 0.5) is 5.69 Å². The van der Waals surface area contributed by atoms with Crippen molar-refractivity contribution >= 4 is 34.0 Å². The number of aryl methyl sites for hydroxylation is 1. The zero-order valence-corrected chi connectivity index (χ0v) is 16.0. The smallest absolute Gasteiger partial charge is 0.269 e. The van der Waals surface area contributed by atoms with E-state index < -0.39 is 4.92 Å². The molecule has 4 rings (SSSR count). The zero-order valence-electron chi connectivity index (χ0n) is 15.2. The molecular weight excluding hydrogens is 394 g/mol. The van der Waals surface area contributed by atoms with Crippen molar-refractivity contribution in [2.75, 3.05) is 0 Å². The van der Waals surface area contributed by atoms with E-state index >= 15 is 0 Å². The third kappa shape index (κ3) is 3.68. The summed E-state index contributed by atoms with van der Waals surface area (Å²) in [6.07, 6.45) is 1.57. The van der Waals surface area contributed by atoms with E-state index in [1.54, 1.807) is 36.4 Å². The molecule has 0 N–H and O–H groups in total. The van der Waals surface area contributed by atoms with Gasteiger partial charge in [0, 0.05) is 35.5 Å². The summed E-state index contributed by atoms with van der Waals surface area (Å²) in [7, 11) is 0. The predicted molar refractivity (Wildman–Crippen MR) is 111 cm³/mol. The molecule has 4 aromatic rings. The summed E-state index contributed by atoms with van der Waals surface area (Å²) in [6.45, 7) is 1.83. The molecule has 3 heterocycles. The van der Waals surface area contributed by atoms with Crippen LogP contribution in [0.2, 0.25) is 0 Å². The average molecular weight is 408 g/mol. The number of hydrogen-bond donors (Lipinski definition) is 0. The van der Waals surface area contributed by atoms with E-state index in [4.69, 9.17) is 16.0 Å². The molecule has 3 aromatic heterocycles. The van der Waals surface area contributed by atoms with Crippen molar-refractivity contribution in [2.45, 2.75) is 6.92 Å². The lowest BCUT2D eigenvalue weighted by molar-refractivity contribution is -0.384. The second kappa shape index (κ2) is 7.37. The maximum atomic E-state index is 12.4. The maximum absolute atomic E-state index is 12.4. The molecule has 0 fully saturated rings. The fourth-order valence-corrected chi connectivity index (χ4v) is 3.17. The number of halogens is 1. The van der Waals surface area contributed by atoms with E-state index in [0.29, 0.717) is 28.4 Å². The van der Waals surface area contributed by atoms with Crippen molar-refractivity contribution < 1.29 is 9.34 Å². The van der Waals surface area contributed by atoms with E-state index in [1.165, 1.54) is 22.6 Å². The highest BCUT2D eigenvalue weighted by Gasteiger charge is 2.10. The molecule has 0 unspecified atom stereocenters. The first-order valence-electron chi connectivity index (χ1n) is 8.64. The largest absolute Gasteiger partial charge is 0.457 e. The van der Waals surface area contributed by atoms with Crippen LogP contribution in [0.25, 0.3) is 28.1 Å². The van der Waals surface area contributed by atoms with Crippen LogP contribution < -0.4 is 5.56 Å². The van der Waals surface area contributed by atoms with Crippen molar-refractivity contribution in [3.63, 3.8) is 0 Å². The molecule has 29 heavy (non-hydrogen) atoms. The van der Waals surface area contributed by atoms with Crippen molar-refractivity contribution in [3.05, 3.63) is 98.3 Å². The van der Waals surface area contributed by atoms with E-state index in [1.807, 2.05) is 19.1 Å². The van der Waals surface area contributed by atoms with Gasteiger partial charge < -0.3 is 4.42 Å². The highest BCUT2D eigenvalue weighted by molar-refractivity contribution is 6.51. The molecule has 0 saturated heterocycles. The van der Waals surface area contributed by atoms with Gasteiger partial charge in [0.25, 0.3) is 11.2 Å².